The van der Waals surface area contributed by atoms with Gasteiger partial charge in [0.05, 0.1) is 17.0 Å². The minimum Gasteiger partial charge on any atom is -0.434 e. The van der Waals surface area contributed by atoms with E-state index in [1.807, 2.05) is 13.8 Å². The molecule has 0 spiro atoms. The molecule has 0 unspecified atom stereocenters. The zero-order valence-corrected chi connectivity index (χ0v) is 17.9. The molecule has 0 saturated carbocycles. The molecular formula is C22H21F4NO3S. The average molecular weight is 455 g/mol. The Morgan fingerprint density at radius 3 is 2.45 bits per heavy atom. The number of thioether (sulfide) groups is 1. The smallest absolute Gasteiger partial charge is 0.387 e. The van der Waals surface area contributed by atoms with Gasteiger partial charge in [-0.25, -0.2) is 13.7 Å². The highest BCUT2D eigenvalue weighted by atomic mass is 32.2. The highest BCUT2D eigenvalue weighted by molar-refractivity contribution is 8.00. The first-order valence-corrected chi connectivity index (χ1v) is 10.4. The molecule has 0 fully saturated rings. The number of benzene rings is 2. The fourth-order valence-corrected chi connectivity index (χ4v) is 3.72. The van der Waals surface area contributed by atoms with Crippen LogP contribution in [-0.4, -0.2) is 24.2 Å². The Morgan fingerprint density at radius 1 is 1.13 bits per heavy atom. The molecular weight excluding hydrogens is 434 g/mol. The molecule has 9 heteroatoms. The number of carbonyl (C=O) groups excluding carboxylic acids is 2. The topological polar surface area (TPSA) is 46.6 Å². The van der Waals surface area contributed by atoms with E-state index in [4.69, 9.17) is 0 Å². The first-order chi connectivity index (χ1) is 14.8. The zero-order valence-electron chi connectivity index (χ0n) is 17.1. The van der Waals surface area contributed by atoms with Gasteiger partial charge in [-0.15, -0.1) is 11.8 Å². The number of hydrogen-bond acceptors (Lipinski definition) is 4. The van der Waals surface area contributed by atoms with Crippen LogP contribution >= 0.6 is 11.8 Å². The van der Waals surface area contributed by atoms with E-state index in [1.165, 1.54) is 30.8 Å². The quantitative estimate of drug-likeness (QED) is 0.391. The minimum absolute atomic E-state index is 0.103. The molecule has 2 aromatic rings. The molecule has 0 aliphatic carbocycles. The van der Waals surface area contributed by atoms with E-state index >= 15 is 0 Å². The van der Waals surface area contributed by atoms with Gasteiger partial charge in [-0.1, -0.05) is 32.0 Å². The second-order valence-electron chi connectivity index (χ2n) is 6.09. The second kappa shape index (κ2) is 11.0. The van der Waals surface area contributed by atoms with Crippen LogP contribution in [0.3, 0.4) is 0 Å². The van der Waals surface area contributed by atoms with Gasteiger partial charge >= 0.3 is 6.61 Å². The summed E-state index contributed by atoms with van der Waals surface area (Å²) in [5.74, 6) is -1.54. The van der Waals surface area contributed by atoms with Crippen LogP contribution in [0.15, 0.2) is 52.9 Å². The standard InChI is InChI=1S/C20H15F4NO3S.C2H6/c1-11(8-12-6-7-13(18(21)22)15(9-12)28-20(23)24)19(27)25-14-4-2-3-5-16(14)29-10-17(25)26;1-2/h2-9,18,20H,10H2,1H3;1-2H3/b11-8+;. The van der Waals surface area contributed by atoms with Gasteiger partial charge in [0.25, 0.3) is 12.3 Å². The molecule has 0 bridgehead atoms. The van der Waals surface area contributed by atoms with E-state index in [1.54, 1.807) is 24.3 Å². The first-order valence-electron chi connectivity index (χ1n) is 9.42. The summed E-state index contributed by atoms with van der Waals surface area (Å²) in [7, 11) is 0. The van der Waals surface area contributed by atoms with Crippen LogP contribution in [0, 0.1) is 0 Å². The van der Waals surface area contributed by atoms with Gasteiger partial charge in [0.2, 0.25) is 5.91 Å². The van der Waals surface area contributed by atoms with Gasteiger partial charge in [0.15, 0.2) is 0 Å². The summed E-state index contributed by atoms with van der Waals surface area (Å²) in [5.41, 5.74) is 0.126. The van der Waals surface area contributed by atoms with Crippen LogP contribution in [0.5, 0.6) is 5.75 Å². The lowest BCUT2D eigenvalue weighted by Crippen LogP contribution is -2.40. The molecule has 1 aliphatic rings. The summed E-state index contributed by atoms with van der Waals surface area (Å²) in [6, 6.07) is 10.2. The van der Waals surface area contributed by atoms with Gasteiger partial charge in [-0.3, -0.25) is 9.59 Å². The van der Waals surface area contributed by atoms with Crippen molar-refractivity contribution < 1.29 is 31.9 Å². The fraction of sp³-hybridized carbons (Fsp3) is 0.273. The van der Waals surface area contributed by atoms with Crippen molar-refractivity contribution in [2.75, 3.05) is 10.7 Å². The predicted octanol–water partition coefficient (Wildman–Crippen LogP) is 6.32. The molecule has 166 valence electrons. The summed E-state index contributed by atoms with van der Waals surface area (Å²) in [6.07, 6.45) is -1.67. The van der Waals surface area contributed by atoms with Crippen LogP contribution in [0.4, 0.5) is 23.2 Å². The van der Waals surface area contributed by atoms with E-state index in [0.717, 1.165) is 21.9 Å². The van der Waals surface area contributed by atoms with Crippen molar-refractivity contribution >= 4 is 35.3 Å². The maximum Gasteiger partial charge on any atom is 0.387 e. The number of hydrogen-bond donors (Lipinski definition) is 0. The van der Waals surface area contributed by atoms with Crippen LogP contribution in [0.1, 0.15) is 38.3 Å². The number of halogens is 4. The number of alkyl halides is 4. The molecule has 0 N–H and O–H groups in total. The molecule has 31 heavy (non-hydrogen) atoms. The van der Waals surface area contributed by atoms with Crippen molar-refractivity contribution in [2.24, 2.45) is 0 Å². The fourth-order valence-electron chi connectivity index (χ4n) is 2.83. The number of anilines is 1. The molecule has 1 heterocycles. The van der Waals surface area contributed by atoms with E-state index < -0.39 is 30.3 Å². The maximum absolute atomic E-state index is 13.0. The monoisotopic (exact) mass is 455 g/mol. The SMILES string of the molecule is C/C(=C\c1ccc(C(F)F)c(OC(F)F)c1)C(=O)N1C(=O)CSc2ccccc21.CC. The molecule has 0 aromatic heterocycles. The van der Waals surface area contributed by atoms with Crippen molar-refractivity contribution in [3.63, 3.8) is 0 Å². The third kappa shape index (κ3) is 5.88. The number of imide groups is 1. The molecule has 4 nitrogen and oxygen atoms in total. The van der Waals surface area contributed by atoms with E-state index in [9.17, 15) is 27.2 Å². The van der Waals surface area contributed by atoms with Crippen LogP contribution < -0.4 is 9.64 Å². The van der Waals surface area contributed by atoms with E-state index in [2.05, 4.69) is 4.74 Å². The largest absolute Gasteiger partial charge is 0.434 e. The number of carbonyl (C=O) groups is 2. The van der Waals surface area contributed by atoms with Crippen molar-refractivity contribution in [3.8, 4) is 5.75 Å². The lowest BCUT2D eigenvalue weighted by atomic mass is 10.1. The van der Waals surface area contributed by atoms with Gasteiger partial charge in [0.1, 0.15) is 5.75 Å². The van der Waals surface area contributed by atoms with Crippen molar-refractivity contribution in [1.29, 1.82) is 0 Å². The summed E-state index contributed by atoms with van der Waals surface area (Å²) >= 11 is 1.32. The Balaban J connectivity index is 0.00000166. The highest BCUT2D eigenvalue weighted by Gasteiger charge is 2.30. The van der Waals surface area contributed by atoms with Gasteiger partial charge in [0, 0.05) is 10.5 Å². The van der Waals surface area contributed by atoms with E-state index in [0.29, 0.717) is 5.69 Å². The van der Waals surface area contributed by atoms with Crippen LogP contribution in [0.25, 0.3) is 6.08 Å². The number of para-hydroxylation sites is 1. The second-order valence-corrected chi connectivity index (χ2v) is 7.11. The van der Waals surface area contributed by atoms with Crippen LogP contribution in [-0.2, 0) is 9.59 Å². The zero-order chi connectivity index (χ0) is 23.1. The summed E-state index contributed by atoms with van der Waals surface area (Å²) < 4.78 is 55.2. The Kier molecular flexibility index (Phi) is 8.67. The van der Waals surface area contributed by atoms with Crippen molar-refractivity contribution in [3.05, 3.63) is 59.2 Å². The Labute approximate surface area is 181 Å². The third-order valence-electron chi connectivity index (χ3n) is 4.12. The number of fused-ring (bicyclic) bond motifs is 1. The van der Waals surface area contributed by atoms with Gasteiger partial charge in [-0.05, 0) is 42.8 Å². The number of nitrogens with zero attached hydrogens (tertiary/aromatic N) is 1. The molecule has 0 atom stereocenters. The molecule has 0 radical (unpaired) electrons. The summed E-state index contributed by atoms with van der Waals surface area (Å²) in [6.45, 7) is 2.18. The lowest BCUT2D eigenvalue weighted by molar-refractivity contribution is -0.123. The minimum atomic E-state index is -3.27. The Morgan fingerprint density at radius 2 is 1.81 bits per heavy atom. The molecule has 0 saturated heterocycles. The number of rotatable bonds is 5. The summed E-state index contributed by atoms with van der Waals surface area (Å²) in [5, 5.41) is 0. The third-order valence-corrected chi connectivity index (χ3v) is 5.17. The number of ether oxygens (including phenoxy) is 1. The van der Waals surface area contributed by atoms with Crippen molar-refractivity contribution in [2.45, 2.75) is 38.7 Å². The van der Waals surface area contributed by atoms with Gasteiger partial charge in [-0.2, -0.15) is 8.78 Å². The van der Waals surface area contributed by atoms with Gasteiger partial charge < -0.3 is 4.74 Å². The normalized spacial score (nSPS) is 13.6. The Hall–Kier alpha value is -2.81. The predicted molar refractivity (Wildman–Crippen MR) is 113 cm³/mol. The van der Waals surface area contributed by atoms with Crippen molar-refractivity contribution in [1.82, 2.24) is 0 Å². The number of amides is 2. The molecule has 3 rings (SSSR count). The maximum atomic E-state index is 13.0. The summed E-state index contributed by atoms with van der Waals surface area (Å²) in [4.78, 5) is 27.0. The van der Waals surface area contributed by atoms with E-state index in [-0.39, 0.29) is 22.8 Å². The molecule has 2 amide bonds. The Bertz CT molecular complexity index is 979. The highest BCUT2D eigenvalue weighted by Crippen LogP contribution is 2.36. The molecule has 1 aliphatic heterocycles. The first kappa shape index (κ1) is 24.5. The molecule has 2 aromatic carbocycles. The van der Waals surface area contributed by atoms with Crippen LogP contribution in [0.2, 0.25) is 0 Å². The lowest BCUT2D eigenvalue weighted by Gasteiger charge is -2.27. The average Bonchev–Trinajstić information content (AvgIpc) is 2.74.